The molecule has 0 fully saturated rings. The maximum atomic E-state index is 11.0. The molecule has 1 heterocycles. The van der Waals surface area contributed by atoms with Crippen LogP contribution in [0.15, 0.2) is 30.5 Å². The molecule has 82 valence electrons. The van der Waals surface area contributed by atoms with Gasteiger partial charge in [-0.15, -0.1) is 0 Å². The third-order valence-corrected chi connectivity index (χ3v) is 2.37. The number of rotatable bonds is 3. The Hall–Kier alpha value is -1.90. The Balaban J connectivity index is 2.28. The summed E-state index contributed by atoms with van der Waals surface area (Å²) in [5.41, 5.74) is 3.27. The summed E-state index contributed by atoms with van der Waals surface area (Å²) >= 11 is 0. The summed E-state index contributed by atoms with van der Waals surface area (Å²) in [6.45, 7) is 3.62. The standard InChI is InChI=1S/C13H14N2O/c1-9-4-3-5-11(6-9)12-8-14-13(15-12)7-10(2)16/h3-6,8H,7H2,1-2H3,(H,14,15). The van der Waals surface area contributed by atoms with E-state index >= 15 is 0 Å². The number of hydrogen-bond donors (Lipinski definition) is 1. The van der Waals surface area contributed by atoms with Gasteiger partial charge in [-0.1, -0.05) is 23.8 Å². The quantitative estimate of drug-likeness (QED) is 0.853. The van der Waals surface area contributed by atoms with E-state index in [1.807, 2.05) is 12.1 Å². The van der Waals surface area contributed by atoms with Crippen molar-refractivity contribution in [3.63, 3.8) is 0 Å². The Bertz CT molecular complexity index is 514. The van der Waals surface area contributed by atoms with Crippen LogP contribution in [0.4, 0.5) is 0 Å². The number of aromatic nitrogens is 2. The highest BCUT2D eigenvalue weighted by Crippen LogP contribution is 2.18. The molecule has 2 rings (SSSR count). The molecule has 0 bridgehead atoms. The summed E-state index contributed by atoms with van der Waals surface area (Å²) in [5.74, 6) is 0.842. The highest BCUT2D eigenvalue weighted by atomic mass is 16.1. The van der Waals surface area contributed by atoms with Crippen molar-refractivity contribution in [2.24, 2.45) is 0 Å². The van der Waals surface area contributed by atoms with Crippen LogP contribution in [0.5, 0.6) is 0 Å². The lowest BCUT2D eigenvalue weighted by Gasteiger charge is -1.98. The molecule has 1 aromatic carbocycles. The largest absolute Gasteiger partial charge is 0.342 e. The second-order valence-electron chi connectivity index (χ2n) is 3.99. The van der Waals surface area contributed by atoms with Crippen LogP contribution in [-0.2, 0) is 11.2 Å². The van der Waals surface area contributed by atoms with Crippen molar-refractivity contribution in [3.05, 3.63) is 41.9 Å². The van der Waals surface area contributed by atoms with E-state index in [-0.39, 0.29) is 5.78 Å². The number of carbonyl (C=O) groups is 1. The van der Waals surface area contributed by atoms with Crippen LogP contribution in [0.25, 0.3) is 11.3 Å². The lowest BCUT2D eigenvalue weighted by molar-refractivity contribution is -0.116. The maximum Gasteiger partial charge on any atom is 0.137 e. The fourth-order valence-electron chi connectivity index (χ4n) is 1.65. The fourth-order valence-corrected chi connectivity index (χ4v) is 1.65. The minimum absolute atomic E-state index is 0.116. The smallest absolute Gasteiger partial charge is 0.137 e. The molecular formula is C13H14N2O. The number of Topliss-reactive ketones (excluding diaryl/α,β-unsaturated/α-hetero) is 1. The summed E-state index contributed by atoms with van der Waals surface area (Å²) in [6, 6.07) is 8.18. The van der Waals surface area contributed by atoms with Crippen molar-refractivity contribution in [1.82, 2.24) is 9.97 Å². The number of H-pyrrole nitrogens is 1. The van der Waals surface area contributed by atoms with Gasteiger partial charge in [0.05, 0.1) is 18.3 Å². The first kappa shape index (κ1) is 10.6. The lowest BCUT2D eigenvalue weighted by Crippen LogP contribution is -1.97. The Labute approximate surface area is 94.5 Å². The molecule has 0 aliphatic heterocycles. The van der Waals surface area contributed by atoms with Crippen molar-refractivity contribution in [2.75, 3.05) is 0 Å². The van der Waals surface area contributed by atoms with Crippen LogP contribution >= 0.6 is 0 Å². The zero-order valence-corrected chi connectivity index (χ0v) is 9.45. The first-order valence-electron chi connectivity index (χ1n) is 5.25. The van der Waals surface area contributed by atoms with Crippen LogP contribution in [-0.4, -0.2) is 15.8 Å². The minimum atomic E-state index is 0.116. The molecule has 3 nitrogen and oxygen atoms in total. The van der Waals surface area contributed by atoms with E-state index in [4.69, 9.17) is 0 Å². The molecule has 0 unspecified atom stereocenters. The third-order valence-electron chi connectivity index (χ3n) is 2.37. The molecule has 1 aromatic heterocycles. The average molecular weight is 214 g/mol. The predicted octanol–water partition coefficient (Wildman–Crippen LogP) is 2.52. The highest BCUT2D eigenvalue weighted by molar-refractivity contribution is 5.77. The topological polar surface area (TPSA) is 45.8 Å². The van der Waals surface area contributed by atoms with Crippen LogP contribution < -0.4 is 0 Å². The molecule has 1 N–H and O–H groups in total. The molecule has 0 radical (unpaired) electrons. The van der Waals surface area contributed by atoms with Gasteiger partial charge < -0.3 is 4.98 Å². The Kier molecular flexibility index (Phi) is 2.86. The lowest BCUT2D eigenvalue weighted by atomic mass is 10.1. The number of imidazole rings is 1. The Morgan fingerprint density at radius 3 is 2.94 bits per heavy atom. The second kappa shape index (κ2) is 4.31. The number of ketones is 1. The zero-order valence-electron chi connectivity index (χ0n) is 9.45. The molecule has 0 saturated heterocycles. The van der Waals surface area contributed by atoms with Crippen LogP contribution in [0.3, 0.4) is 0 Å². The van der Waals surface area contributed by atoms with Gasteiger partial charge in [0, 0.05) is 0 Å². The van der Waals surface area contributed by atoms with Crippen LogP contribution in [0, 0.1) is 6.92 Å². The molecular weight excluding hydrogens is 200 g/mol. The van der Waals surface area contributed by atoms with E-state index in [2.05, 4.69) is 29.0 Å². The molecule has 16 heavy (non-hydrogen) atoms. The first-order valence-corrected chi connectivity index (χ1v) is 5.25. The van der Waals surface area contributed by atoms with Crippen LogP contribution in [0.1, 0.15) is 18.3 Å². The molecule has 0 spiro atoms. The van der Waals surface area contributed by atoms with Gasteiger partial charge in [0.25, 0.3) is 0 Å². The van der Waals surface area contributed by atoms with Gasteiger partial charge in [0.1, 0.15) is 11.6 Å². The van der Waals surface area contributed by atoms with Crippen LogP contribution in [0.2, 0.25) is 0 Å². The summed E-state index contributed by atoms with van der Waals surface area (Å²) in [6.07, 6.45) is 2.14. The monoisotopic (exact) mass is 214 g/mol. The summed E-state index contributed by atoms with van der Waals surface area (Å²) in [7, 11) is 0. The van der Waals surface area contributed by atoms with E-state index in [1.165, 1.54) is 5.56 Å². The fraction of sp³-hybridized carbons (Fsp3) is 0.231. The SMILES string of the molecule is CC(=O)Cc1ncc(-c2cccc(C)c2)[nH]1. The first-order chi connectivity index (χ1) is 7.65. The van der Waals surface area contributed by atoms with Gasteiger partial charge in [0.15, 0.2) is 0 Å². The zero-order chi connectivity index (χ0) is 11.5. The molecule has 0 saturated carbocycles. The minimum Gasteiger partial charge on any atom is -0.342 e. The molecule has 0 aliphatic rings. The second-order valence-corrected chi connectivity index (χ2v) is 3.99. The Morgan fingerprint density at radius 2 is 2.25 bits per heavy atom. The molecule has 2 aromatic rings. The van der Waals surface area contributed by atoms with E-state index in [1.54, 1.807) is 13.1 Å². The van der Waals surface area contributed by atoms with Gasteiger partial charge in [-0.2, -0.15) is 0 Å². The molecule has 0 atom stereocenters. The molecule has 0 amide bonds. The number of carbonyl (C=O) groups excluding carboxylic acids is 1. The molecule has 0 aliphatic carbocycles. The maximum absolute atomic E-state index is 11.0. The number of hydrogen-bond acceptors (Lipinski definition) is 2. The van der Waals surface area contributed by atoms with Gasteiger partial charge in [0.2, 0.25) is 0 Å². The molecule has 3 heteroatoms. The van der Waals surface area contributed by atoms with Gasteiger partial charge in [-0.25, -0.2) is 4.98 Å². The number of aryl methyl sites for hydroxylation is 1. The van der Waals surface area contributed by atoms with E-state index < -0.39 is 0 Å². The van der Waals surface area contributed by atoms with Crippen molar-refractivity contribution in [3.8, 4) is 11.3 Å². The predicted molar refractivity (Wildman–Crippen MR) is 63.1 cm³/mol. The third kappa shape index (κ3) is 2.37. The highest BCUT2D eigenvalue weighted by Gasteiger charge is 2.04. The van der Waals surface area contributed by atoms with Crippen molar-refractivity contribution in [2.45, 2.75) is 20.3 Å². The van der Waals surface area contributed by atoms with E-state index in [9.17, 15) is 4.79 Å². The van der Waals surface area contributed by atoms with Gasteiger partial charge >= 0.3 is 0 Å². The van der Waals surface area contributed by atoms with Crippen molar-refractivity contribution in [1.29, 1.82) is 0 Å². The van der Waals surface area contributed by atoms with E-state index in [0.29, 0.717) is 6.42 Å². The number of nitrogens with one attached hydrogen (secondary N) is 1. The summed E-state index contributed by atoms with van der Waals surface area (Å²) in [4.78, 5) is 18.3. The van der Waals surface area contributed by atoms with Gasteiger partial charge in [-0.05, 0) is 25.5 Å². The average Bonchev–Trinajstić information content (AvgIpc) is 2.65. The van der Waals surface area contributed by atoms with Crippen molar-refractivity contribution >= 4 is 5.78 Å². The number of nitrogens with zero attached hydrogens (tertiary/aromatic N) is 1. The van der Waals surface area contributed by atoms with Gasteiger partial charge in [-0.3, -0.25) is 4.79 Å². The summed E-state index contributed by atoms with van der Waals surface area (Å²) < 4.78 is 0. The van der Waals surface area contributed by atoms with Crippen molar-refractivity contribution < 1.29 is 4.79 Å². The summed E-state index contributed by atoms with van der Waals surface area (Å²) in [5, 5.41) is 0. The normalized spacial score (nSPS) is 10.4. The Morgan fingerprint density at radius 1 is 1.44 bits per heavy atom. The van der Waals surface area contributed by atoms with E-state index in [0.717, 1.165) is 17.1 Å². The number of benzene rings is 1. The number of aromatic amines is 1.